The van der Waals surface area contributed by atoms with Gasteiger partial charge in [-0.25, -0.2) is 4.98 Å². The first-order valence-corrected chi connectivity index (χ1v) is 7.42. The van der Waals surface area contributed by atoms with Gasteiger partial charge in [0.25, 0.3) is 0 Å². The molecule has 1 N–H and O–H groups in total. The molecule has 2 aliphatic rings. The Morgan fingerprint density at radius 1 is 1.41 bits per heavy atom. The molecule has 2 fully saturated rings. The van der Waals surface area contributed by atoms with Crippen LogP contribution >= 0.6 is 11.5 Å². The Morgan fingerprint density at radius 3 is 3.00 bits per heavy atom. The van der Waals surface area contributed by atoms with Gasteiger partial charge in [0.15, 0.2) is 0 Å². The van der Waals surface area contributed by atoms with Crippen LogP contribution in [-0.4, -0.2) is 40.4 Å². The summed E-state index contributed by atoms with van der Waals surface area (Å²) in [6.07, 6.45) is 3.88. The van der Waals surface area contributed by atoms with Crippen molar-refractivity contribution in [2.75, 3.05) is 31.5 Å². The summed E-state index contributed by atoms with van der Waals surface area (Å²) in [7, 11) is 0. The maximum atomic E-state index is 4.56. The minimum absolute atomic E-state index is 0.670. The topological polar surface area (TPSA) is 41.0 Å². The van der Waals surface area contributed by atoms with Gasteiger partial charge >= 0.3 is 0 Å². The number of aromatic nitrogens is 2. The average Bonchev–Trinajstić information content (AvgIpc) is 2.93. The molecule has 0 radical (unpaired) electrons. The molecule has 0 amide bonds. The average molecular weight is 252 g/mol. The first-order chi connectivity index (χ1) is 8.35. The molecular weight excluding hydrogens is 232 g/mol. The number of hydrogen-bond donors (Lipinski definition) is 1. The van der Waals surface area contributed by atoms with Gasteiger partial charge in [0.05, 0.1) is 0 Å². The fraction of sp³-hybridized carbons (Fsp3) is 0.833. The van der Waals surface area contributed by atoms with E-state index in [0.29, 0.717) is 5.92 Å². The van der Waals surface area contributed by atoms with Gasteiger partial charge in [-0.1, -0.05) is 6.92 Å². The van der Waals surface area contributed by atoms with Crippen molar-refractivity contribution in [3.63, 3.8) is 0 Å². The predicted octanol–water partition coefficient (Wildman–Crippen LogP) is 2.17. The van der Waals surface area contributed by atoms with E-state index < -0.39 is 0 Å². The van der Waals surface area contributed by atoms with Crippen LogP contribution in [0.2, 0.25) is 0 Å². The highest BCUT2D eigenvalue weighted by molar-refractivity contribution is 7.09. The van der Waals surface area contributed by atoms with Crippen LogP contribution in [0, 0.1) is 5.92 Å². The minimum atomic E-state index is 0.670. The van der Waals surface area contributed by atoms with Gasteiger partial charge in [0, 0.05) is 30.5 Å². The molecule has 1 aromatic rings. The number of rotatable bonds is 5. The van der Waals surface area contributed by atoms with Gasteiger partial charge in [-0.2, -0.15) is 4.37 Å². The molecule has 1 atom stereocenters. The standard InChI is InChI=1S/C12H20N4S/c1-2-16-6-5-9(8-16)7-13-12-14-11(15-17-12)10-3-4-10/h9-10H,2-8H2,1H3,(H,13,14,15). The Labute approximate surface area is 107 Å². The molecule has 1 aliphatic carbocycles. The second-order valence-corrected chi connectivity index (χ2v) is 5.91. The van der Waals surface area contributed by atoms with Crippen molar-refractivity contribution in [2.45, 2.75) is 32.1 Å². The number of anilines is 1. The SMILES string of the molecule is CCN1CCC(CNc2nc(C3CC3)ns2)C1. The third-order valence-corrected chi connectivity index (χ3v) is 4.43. The number of hydrogen-bond acceptors (Lipinski definition) is 5. The lowest BCUT2D eigenvalue weighted by molar-refractivity contribution is 0.345. The zero-order valence-electron chi connectivity index (χ0n) is 10.4. The van der Waals surface area contributed by atoms with Crippen molar-refractivity contribution in [1.29, 1.82) is 0 Å². The van der Waals surface area contributed by atoms with Crippen LogP contribution in [0.3, 0.4) is 0 Å². The third kappa shape index (κ3) is 2.77. The van der Waals surface area contributed by atoms with E-state index in [2.05, 4.69) is 26.5 Å². The molecule has 1 aromatic heterocycles. The summed E-state index contributed by atoms with van der Waals surface area (Å²) in [5, 5.41) is 4.47. The molecule has 1 aliphatic heterocycles. The van der Waals surface area contributed by atoms with E-state index in [9.17, 15) is 0 Å². The number of nitrogens with zero attached hydrogens (tertiary/aromatic N) is 3. The second-order valence-electron chi connectivity index (χ2n) is 5.16. The maximum absolute atomic E-state index is 4.56. The molecule has 0 aromatic carbocycles. The van der Waals surface area contributed by atoms with Crippen LogP contribution in [0.25, 0.3) is 0 Å². The lowest BCUT2D eigenvalue weighted by Gasteiger charge is -2.13. The highest BCUT2D eigenvalue weighted by Gasteiger charge is 2.28. The zero-order chi connectivity index (χ0) is 11.7. The van der Waals surface area contributed by atoms with Gasteiger partial charge < -0.3 is 10.2 Å². The van der Waals surface area contributed by atoms with Crippen molar-refractivity contribution < 1.29 is 0 Å². The molecule has 0 bridgehead atoms. The molecule has 1 saturated carbocycles. The predicted molar refractivity (Wildman–Crippen MR) is 70.6 cm³/mol. The van der Waals surface area contributed by atoms with Crippen molar-refractivity contribution >= 4 is 16.7 Å². The summed E-state index contributed by atoms with van der Waals surface area (Å²) in [5.41, 5.74) is 0. The van der Waals surface area contributed by atoms with E-state index in [1.54, 1.807) is 0 Å². The molecule has 1 unspecified atom stereocenters. The van der Waals surface area contributed by atoms with Gasteiger partial charge in [-0.05, 0) is 38.3 Å². The summed E-state index contributed by atoms with van der Waals surface area (Å²) < 4.78 is 4.41. The van der Waals surface area contributed by atoms with Gasteiger partial charge in [-0.3, -0.25) is 0 Å². The quantitative estimate of drug-likeness (QED) is 0.872. The first kappa shape index (κ1) is 11.4. The van der Waals surface area contributed by atoms with Gasteiger partial charge in [0.2, 0.25) is 5.13 Å². The van der Waals surface area contributed by atoms with Crippen molar-refractivity contribution in [3.8, 4) is 0 Å². The van der Waals surface area contributed by atoms with Crippen LogP contribution in [0.15, 0.2) is 0 Å². The van der Waals surface area contributed by atoms with E-state index in [1.807, 2.05) is 0 Å². The van der Waals surface area contributed by atoms with E-state index in [-0.39, 0.29) is 0 Å². The van der Waals surface area contributed by atoms with Crippen LogP contribution in [0.1, 0.15) is 37.9 Å². The molecular formula is C12H20N4S. The molecule has 17 heavy (non-hydrogen) atoms. The molecule has 3 rings (SSSR count). The van der Waals surface area contributed by atoms with E-state index >= 15 is 0 Å². The summed E-state index contributed by atoms with van der Waals surface area (Å²) in [6, 6.07) is 0. The van der Waals surface area contributed by atoms with Gasteiger partial charge in [0.1, 0.15) is 5.82 Å². The van der Waals surface area contributed by atoms with Crippen LogP contribution in [0.4, 0.5) is 5.13 Å². The Bertz CT molecular complexity index is 374. The smallest absolute Gasteiger partial charge is 0.202 e. The fourth-order valence-corrected chi connectivity index (χ4v) is 3.06. The lowest BCUT2D eigenvalue weighted by atomic mass is 10.1. The lowest BCUT2D eigenvalue weighted by Crippen LogP contribution is -2.22. The molecule has 5 heteroatoms. The van der Waals surface area contributed by atoms with Crippen LogP contribution in [0.5, 0.6) is 0 Å². The molecule has 4 nitrogen and oxygen atoms in total. The number of nitrogens with one attached hydrogen (secondary N) is 1. The fourth-order valence-electron chi connectivity index (χ4n) is 2.41. The third-order valence-electron chi connectivity index (χ3n) is 3.74. The Kier molecular flexibility index (Phi) is 3.29. The highest BCUT2D eigenvalue weighted by Crippen LogP contribution is 2.39. The monoisotopic (exact) mass is 252 g/mol. The first-order valence-electron chi connectivity index (χ1n) is 6.65. The van der Waals surface area contributed by atoms with Gasteiger partial charge in [-0.15, -0.1) is 0 Å². The van der Waals surface area contributed by atoms with Crippen molar-refractivity contribution in [3.05, 3.63) is 5.82 Å². The van der Waals surface area contributed by atoms with Crippen molar-refractivity contribution in [2.24, 2.45) is 5.92 Å². The van der Waals surface area contributed by atoms with Crippen LogP contribution in [-0.2, 0) is 0 Å². The van der Waals surface area contributed by atoms with E-state index in [1.165, 1.54) is 50.4 Å². The Balaban J connectivity index is 1.46. The Hall–Kier alpha value is -0.680. The Morgan fingerprint density at radius 2 is 2.29 bits per heavy atom. The molecule has 0 spiro atoms. The number of likely N-dealkylation sites (tertiary alicyclic amines) is 1. The summed E-state index contributed by atoms with van der Waals surface area (Å²) in [6.45, 7) is 6.96. The van der Waals surface area contributed by atoms with Crippen LogP contribution < -0.4 is 5.32 Å². The highest BCUT2D eigenvalue weighted by atomic mass is 32.1. The van der Waals surface area contributed by atoms with Crippen molar-refractivity contribution in [1.82, 2.24) is 14.3 Å². The summed E-state index contributed by atoms with van der Waals surface area (Å²) >= 11 is 1.52. The molecule has 2 heterocycles. The largest absolute Gasteiger partial charge is 0.360 e. The minimum Gasteiger partial charge on any atom is -0.360 e. The summed E-state index contributed by atoms with van der Waals surface area (Å²) in [4.78, 5) is 7.07. The van der Waals surface area contributed by atoms with E-state index in [0.717, 1.165) is 23.4 Å². The zero-order valence-corrected chi connectivity index (χ0v) is 11.2. The molecule has 1 saturated heterocycles. The second kappa shape index (κ2) is 4.90. The van der Waals surface area contributed by atoms with E-state index in [4.69, 9.17) is 0 Å². The summed E-state index contributed by atoms with van der Waals surface area (Å²) in [5.74, 6) is 2.52. The maximum Gasteiger partial charge on any atom is 0.202 e. The molecule has 94 valence electrons. The normalized spacial score (nSPS) is 25.4.